The number of phenolic OH excluding ortho intramolecular Hbond substituents is 1. The quantitative estimate of drug-likeness (QED) is 0.251. The summed E-state index contributed by atoms with van der Waals surface area (Å²) >= 11 is 1.23. The molecule has 3 aromatic rings. The summed E-state index contributed by atoms with van der Waals surface area (Å²) in [5.74, 6) is 0.643. The number of phenols is 1. The fourth-order valence-corrected chi connectivity index (χ4v) is 2.92. The number of nitrogens with one attached hydrogen (secondary N) is 3. The van der Waals surface area contributed by atoms with Crippen molar-refractivity contribution in [2.75, 3.05) is 17.7 Å². The smallest absolute Gasteiger partial charge is 0.240 e. The van der Waals surface area contributed by atoms with Crippen LogP contribution in [0, 0.1) is 0 Å². The van der Waals surface area contributed by atoms with Crippen molar-refractivity contribution in [1.82, 2.24) is 20.5 Å². The summed E-state index contributed by atoms with van der Waals surface area (Å²) in [5, 5.41) is 23.7. The lowest BCUT2D eigenvalue weighted by Gasteiger charge is -2.04. The summed E-state index contributed by atoms with van der Waals surface area (Å²) in [5.41, 5.74) is 4.46. The third-order valence-electron chi connectivity index (χ3n) is 3.69. The van der Waals surface area contributed by atoms with Crippen LogP contribution in [-0.2, 0) is 11.2 Å². The summed E-state index contributed by atoms with van der Waals surface area (Å²) in [7, 11) is 0. The zero-order valence-electron chi connectivity index (χ0n) is 15.0. The number of aromatic amines is 1. The number of carbonyl (C=O) groups is 1. The van der Waals surface area contributed by atoms with Crippen LogP contribution in [0.2, 0.25) is 0 Å². The van der Waals surface area contributed by atoms with Crippen molar-refractivity contribution in [2.45, 2.75) is 11.6 Å². The van der Waals surface area contributed by atoms with E-state index >= 15 is 0 Å². The Morgan fingerprint density at radius 2 is 1.96 bits per heavy atom. The van der Waals surface area contributed by atoms with Gasteiger partial charge in [0.25, 0.3) is 0 Å². The van der Waals surface area contributed by atoms with Crippen molar-refractivity contribution < 1.29 is 9.90 Å². The second-order valence-electron chi connectivity index (χ2n) is 5.77. The van der Waals surface area contributed by atoms with Gasteiger partial charge in [-0.15, -0.1) is 5.10 Å². The van der Waals surface area contributed by atoms with Gasteiger partial charge in [0.05, 0.1) is 12.0 Å². The predicted octanol–water partition coefficient (Wildman–Crippen LogP) is 2.41. The Morgan fingerprint density at radius 1 is 1.18 bits per heavy atom. The number of carbonyl (C=O) groups excluding carboxylic acids is 1. The molecule has 0 unspecified atom stereocenters. The summed E-state index contributed by atoms with van der Waals surface area (Å²) in [4.78, 5) is 16.1. The molecule has 28 heavy (non-hydrogen) atoms. The van der Waals surface area contributed by atoms with E-state index in [1.54, 1.807) is 24.3 Å². The monoisotopic (exact) mass is 396 g/mol. The normalized spacial score (nSPS) is 10.9. The number of nitrogens with zero attached hydrogens (tertiary/aromatic N) is 3. The number of rotatable bonds is 9. The lowest BCUT2D eigenvalue weighted by atomic mass is 10.1. The molecule has 1 amide bonds. The number of thioether (sulfide) groups is 1. The van der Waals surface area contributed by atoms with E-state index in [-0.39, 0.29) is 17.4 Å². The standard InChI is InChI=1S/C19H20N6O2S/c26-16-9-5-4-8-15(16)12-21-23-18-22-19(25-24-18)28-13-17(27)20-11-10-14-6-2-1-3-7-14/h1-9,12,26H,10-11,13H2,(H,20,27)(H2,22,23,24,25)/b21-12+. The van der Waals surface area contributed by atoms with Gasteiger partial charge in [-0.3, -0.25) is 4.79 Å². The van der Waals surface area contributed by atoms with E-state index in [1.807, 2.05) is 30.3 Å². The highest BCUT2D eigenvalue weighted by Gasteiger charge is 2.07. The maximum atomic E-state index is 11.9. The highest BCUT2D eigenvalue weighted by atomic mass is 32.2. The number of amides is 1. The van der Waals surface area contributed by atoms with Crippen LogP contribution in [-0.4, -0.2) is 44.7 Å². The Hall–Kier alpha value is -3.33. The van der Waals surface area contributed by atoms with Crippen LogP contribution in [0.25, 0.3) is 0 Å². The second-order valence-corrected chi connectivity index (χ2v) is 6.71. The molecule has 0 bridgehead atoms. The van der Waals surface area contributed by atoms with Crippen molar-refractivity contribution in [3.8, 4) is 5.75 Å². The van der Waals surface area contributed by atoms with E-state index in [0.29, 0.717) is 23.2 Å². The molecule has 0 fully saturated rings. The van der Waals surface area contributed by atoms with Crippen LogP contribution in [0.5, 0.6) is 5.75 Å². The zero-order valence-corrected chi connectivity index (χ0v) is 15.8. The van der Waals surface area contributed by atoms with Crippen LogP contribution in [0.3, 0.4) is 0 Å². The molecule has 0 radical (unpaired) electrons. The van der Waals surface area contributed by atoms with E-state index < -0.39 is 0 Å². The minimum atomic E-state index is -0.0715. The van der Waals surface area contributed by atoms with Crippen molar-refractivity contribution >= 4 is 29.8 Å². The molecule has 3 rings (SSSR count). The Kier molecular flexibility index (Phi) is 7.02. The van der Waals surface area contributed by atoms with Crippen LogP contribution >= 0.6 is 11.8 Å². The first-order valence-corrected chi connectivity index (χ1v) is 9.62. The second kappa shape index (κ2) is 10.1. The van der Waals surface area contributed by atoms with E-state index in [9.17, 15) is 9.90 Å². The molecule has 0 aliphatic carbocycles. The number of hydrogen-bond donors (Lipinski definition) is 4. The molecular formula is C19H20N6O2S. The van der Waals surface area contributed by atoms with Crippen molar-refractivity contribution in [2.24, 2.45) is 5.10 Å². The fourth-order valence-electron chi connectivity index (χ4n) is 2.29. The lowest BCUT2D eigenvalue weighted by molar-refractivity contribution is -0.118. The Labute approximate surface area is 166 Å². The van der Waals surface area contributed by atoms with Gasteiger partial charge in [0.15, 0.2) is 0 Å². The summed E-state index contributed by atoms with van der Waals surface area (Å²) in [6.45, 7) is 0.589. The van der Waals surface area contributed by atoms with Gasteiger partial charge in [-0.05, 0) is 24.1 Å². The topological polar surface area (TPSA) is 115 Å². The number of benzene rings is 2. The van der Waals surface area contributed by atoms with Gasteiger partial charge in [0.2, 0.25) is 17.0 Å². The molecule has 0 saturated heterocycles. The Balaban J connectivity index is 1.38. The molecule has 0 saturated carbocycles. The summed E-state index contributed by atoms with van der Waals surface area (Å²) in [6, 6.07) is 16.8. The average molecular weight is 396 g/mol. The molecule has 0 atom stereocenters. The molecule has 0 aliphatic heterocycles. The maximum absolute atomic E-state index is 11.9. The first-order valence-electron chi connectivity index (χ1n) is 8.63. The molecule has 2 aromatic carbocycles. The minimum absolute atomic E-state index is 0.0715. The molecule has 9 heteroatoms. The largest absolute Gasteiger partial charge is 0.507 e. The maximum Gasteiger partial charge on any atom is 0.240 e. The fraction of sp³-hybridized carbons (Fsp3) is 0.158. The minimum Gasteiger partial charge on any atom is -0.507 e. The highest BCUT2D eigenvalue weighted by Crippen LogP contribution is 2.14. The first kappa shape index (κ1) is 19.4. The van der Waals surface area contributed by atoms with Crippen LogP contribution in [0.4, 0.5) is 5.95 Å². The number of hydrazone groups is 1. The third-order valence-corrected chi connectivity index (χ3v) is 4.53. The number of hydrogen-bond acceptors (Lipinski definition) is 7. The van der Waals surface area contributed by atoms with Gasteiger partial charge in [0, 0.05) is 12.1 Å². The van der Waals surface area contributed by atoms with Crippen LogP contribution < -0.4 is 10.7 Å². The van der Waals surface area contributed by atoms with Gasteiger partial charge in [0.1, 0.15) is 5.75 Å². The summed E-state index contributed by atoms with van der Waals surface area (Å²) in [6.07, 6.45) is 2.27. The molecule has 1 aromatic heterocycles. The van der Waals surface area contributed by atoms with Crippen LogP contribution in [0.1, 0.15) is 11.1 Å². The van der Waals surface area contributed by atoms with Crippen LogP contribution in [0.15, 0.2) is 64.9 Å². The first-order chi connectivity index (χ1) is 13.7. The molecule has 144 valence electrons. The highest BCUT2D eigenvalue weighted by molar-refractivity contribution is 7.99. The number of anilines is 1. The molecular weight excluding hydrogens is 376 g/mol. The number of H-pyrrole nitrogens is 1. The number of aromatic nitrogens is 3. The van der Waals surface area contributed by atoms with Gasteiger partial charge >= 0.3 is 0 Å². The zero-order chi connectivity index (χ0) is 19.6. The molecule has 4 N–H and O–H groups in total. The number of aromatic hydroxyl groups is 1. The predicted molar refractivity (Wildman–Crippen MR) is 110 cm³/mol. The van der Waals surface area contributed by atoms with Crippen molar-refractivity contribution in [3.63, 3.8) is 0 Å². The van der Waals surface area contributed by atoms with E-state index in [0.717, 1.165) is 6.42 Å². The van der Waals surface area contributed by atoms with Gasteiger partial charge in [-0.1, -0.05) is 54.2 Å². The van der Waals surface area contributed by atoms with E-state index in [2.05, 4.69) is 31.0 Å². The molecule has 1 heterocycles. The molecule has 8 nitrogen and oxygen atoms in total. The SMILES string of the molecule is O=C(CSc1n[nH]c(N/N=C/c2ccccc2O)n1)NCCc1ccccc1. The lowest BCUT2D eigenvalue weighted by Crippen LogP contribution is -2.27. The van der Waals surface area contributed by atoms with E-state index in [4.69, 9.17) is 0 Å². The summed E-state index contributed by atoms with van der Waals surface area (Å²) < 4.78 is 0. The van der Waals surface area contributed by atoms with Gasteiger partial charge in [-0.25, -0.2) is 10.5 Å². The molecule has 0 aliphatic rings. The third kappa shape index (κ3) is 6.13. The van der Waals surface area contributed by atoms with Crippen molar-refractivity contribution in [1.29, 1.82) is 0 Å². The van der Waals surface area contributed by atoms with Crippen molar-refractivity contribution in [3.05, 3.63) is 65.7 Å². The van der Waals surface area contributed by atoms with E-state index in [1.165, 1.54) is 23.5 Å². The average Bonchev–Trinajstić information content (AvgIpc) is 3.16. The Bertz CT molecular complexity index is 929. The molecule has 0 spiro atoms. The number of para-hydroxylation sites is 1. The van der Waals surface area contributed by atoms with Gasteiger partial charge < -0.3 is 10.4 Å². The van der Waals surface area contributed by atoms with Gasteiger partial charge in [-0.2, -0.15) is 10.1 Å². The Morgan fingerprint density at radius 3 is 2.79 bits per heavy atom.